The monoisotopic (exact) mass is 553 g/mol. The van der Waals surface area contributed by atoms with E-state index in [2.05, 4.69) is 4.98 Å². The number of amides is 2. The average Bonchev–Trinajstić information content (AvgIpc) is 2.89. The van der Waals surface area contributed by atoms with Crippen molar-refractivity contribution in [1.29, 1.82) is 0 Å². The molecule has 0 unspecified atom stereocenters. The molecule has 10 heteroatoms. The molecule has 0 atom stereocenters. The van der Waals surface area contributed by atoms with E-state index in [1.165, 1.54) is 15.9 Å². The minimum Gasteiger partial charge on any atom is -0.492 e. The van der Waals surface area contributed by atoms with E-state index in [1.807, 2.05) is 51.1 Å². The van der Waals surface area contributed by atoms with E-state index in [4.69, 9.17) is 26.2 Å². The van der Waals surface area contributed by atoms with Crippen LogP contribution in [0.1, 0.15) is 43.1 Å². The number of pyridine rings is 1. The Labute approximate surface area is 232 Å². The highest BCUT2D eigenvalue weighted by molar-refractivity contribution is 6.31. The van der Waals surface area contributed by atoms with Gasteiger partial charge in [-0.3, -0.25) is 14.5 Å². The summed E-state index contributed by atoms with van der Waals surface area (Å²) >= 11 is 6.29. The molecular weight excluding hydrogens is 522 g/mol. The van der Waals surface area contributed by atoms with Gasteiger partial charge in [0.2, 0.25) is 0 Å². The zero-order chi connectivity index (χ0) is 28.4. The van der Waals surface area contributed by atoms with Crippen molar-refractivity contribution in [1.82, 2.24) is 9.88 Å². The summed E-state index contributed by atoms with van der Waals surface area (Å²) in [6, 6.07) is 19.2. The molecule has 2 aromatic carbocycles. The fourth-order valence-electron chi connectivity index (χ4n) is 3.74. The predicted octanol–water partition coefficient (Wildman–Crippen LogP) is 5.67. The molecule has 39 heavy (non-hydrogen) atoms. The van der Waals surface area contributed by atoms with Gasteiger partial charge < -0.3 is 19.5 Å². The number of rotatable bonds is 11. The fraction of sp³-hybridized carbons (Fsp3) is 0.310. The second-order valence-electron chi connectivity index (χ2n) is 9.68. The van der Waals surface area contributed by atoms with Crippen LogP contribution < -0.4 is 9.64 Å². The number of carbonyl (C=O) groups is 3. The van der Waals surface area contributed by atoms with Crippen LogP contribution in [0.3, 0.4) is 0 Å². The Kier molecular flexibility index (Phi) is 10.3. The summed E-state index contributed by atoms with van der Waals surface area (Å²) in [5.41, 5.74) is 0.507. The van der Waals surface area contributed by atoms with Gasteiger partial charge in [0.1, 0.15) is 24.8 Å². The number of ether oxygens (including phenoxy) is 2. The highest BCUT2D eigenvalue weighted by Crippen LogP contribution is 2.25. The Morgan fingerprint density at radius 1 is 0.974 bits per heavy atom. The van der Waals surface area contributed by atoms with Crippen molar-refractivity contribution < 1.29 is 29.0 Å². The number of halogens is 1. The smallest absolute Gasteiger partial charge is 0.415 e. The molecule has 0 fully saturated rings. The molecule has 2 amide bonds. The van der Waals surface area contributed by atoms with Gasteiger partial charge in [-0.1, -0.05) is 48.0 Å². The first-order chi connectivity index (χ1) is 18.5. The summed E-state index contributed by atoms with van der Waals surface area (Å²) in [5.74, 6) is -0.625. The van der Waals surface area contributed by atoms with E-state index in [1.54, 1.807) is 36.5 Å². The molecule has 9 nitrogen and oxygen atoms in total. The maximum absolute atomic E-state index is 13.3. The van der Waals surface area contributed by atoms with Gasteiger partial charge in [-0.15, -0.1) is 0 Å². The number of carboxylic acid groups (broad SMARTS) is 1. The van der Waals surface area contributed by atoms with Gasteiger partial charge in [0, 0.05) is 28.9 Å². The molecule has 0 saturated carbocycles. The lowest BCUT2D eigenvalue weighted by atomic mass is 10.0. The molecule has 206 valence electrons. The van der Waals surface area contributed by atoms with Gasteiger partial charge in [0.15, 0.2) is 0 Å². The summed E-state index contributed by atoms with van der Waals surface area (Å²) < 4.78 is 11.4. The highest BCUT2D eigenvalue weighted by atomic mass is 35.5. The lowest BCUT2D eigenvalue weighted by Gasteiger charge is -2.35. The summed E-state index contributed by atoms with van der Waals surface area (Å²) in [6.07, 6.45) is 0.812. The van der Waals surface area contributed by atoms with Crippen molar-refractivity contribution in [2.45, 2.75) is 39.3 Å². The zero-order valence-corrected chi connectivity index (χ0v) is 22.9. The van der Waals surface area contributed by atoms with Crippen molar-refractivity contribution in [2.75, 3.05) is 24.6 Å². The normalized spacial score (nSPS) is 11.0. The van der Waals surface area contributed by atoms with Gasteiger partial charge >= 0.3 is 12.1 Å². The molecule has 0 bridgehead atoms. The molecule has 0 saturated heterocycles. The van der Waals surface area contributed by atoms with Crippen LogP contribution in [0.4, 0.5) is 10.6 Å². The molecular formula is C29H32ClN3O6. The molecule has 1 heterocycles. The minimum absolute atomic E-state index is 0.0461. The van der Waals surface area contributed by atoms with Crippen LogP contribution in [-0.2, 0) is 16.1 Å². The summed E-state index contributed by atoms with van der Waals surface area (Å²) in [6.45, 7) is 5.83. The minimum atomic E-state index is -0.994. The standard InChI is InChI=1S/C29H32ClN3O6/c1-29(2,3)33(14-12-26(34)35)27(36)22-17-23(30)19-24(18-22)38-16-15-32(25-11-7-8-13-31-25)28(37)39-20-21-9-5-4-6-10-21/h4-11,13,17-19H,12,14-16,20H2,1-3H3,(H,34,35). The van der Waals surface area contributed by atoms with Crippen LogP contribution in [0.15, 0.2) is 72.9 Å². The molecule has 0 spiro atoms. The van der Waals surface area contributed by atoms with E-state index >= 15 is 0 Å². The number of aliphatic carboxylic acids is 1. The summed E-state index contributed by atoms with van der Waals surface area (Å²) in [7, 11) is 0. The van der Waals surface area contributed by atoms with Crippen LogP contribution in [0.2, 0.25) is 5.02 Å². The fourth-order valence-corrected chi connectivity index (χ4v) is 3.96. The topological polar surface area (TPSA) is 109 Å². The van der Waals surface area contributed by atoms with E-state index in [-0.39, 0.29) is 49.2 Å². The van der Waals surface area contributed by atoms with Gasteiger partial charge in [0.25, 0.3) is 5.91 Å². The van der Waals surface area contributed by atoms with E-state index in [0.29, 0.717) is 11.6 Å². The summed E-state index contributed by atoms with van der Waals surface area (Å²) in [5, 5.41) is 9.39. The zero-order valence-electron chi connectivity index (χ0n) is 22.2. The molecule has 1 aromatic heterocycles. The number of anilines is 1. The molecule has 0 aliphatic rings. The third kappa shape index (κ3) is 9.00. The first-order valence-electron chi connectivity index (χ1n) is 12.4. The maximum atomic E-state index is 13.3. The second-order valence-corrected chi connectivity index (χ2v) is 10.1. The first kappa shape index (κ1) is 29.4. The van der Waals surface area contributed by atoms with Gasteiger partial charge in [0.05, 0.1) is 13.0 Å². The summed E-state index contributed by atoms with van der Waals surface area (Å²) in [4.78, 5) is 44.5. The van der Waals surface area contributed by atoms with Crippen LogP contribution in [0, 0.1) is 0 Å². The lowest BCUT2D eigenvalue weighted by molar-refractivity contribution is -0.137. The van der Waals surface area contributed by atoms with Gasteiger partial charge in [-0.05, 0) is 56.7 Å². The lowest BCUT2D eigenvalue weighted by Crippen LogP contribution is -2.46. The number of carbonyl (C=O) groups excluding carboxylic acids is 2. The first-order valence-corrected chi connectivity index (χ1v) is 12.8. The SMILES string of the molecule is CC(C)(C)N(CCC(=O)O)C(=O)c1cc(Cl)cc(OCCN(C(=O)OCc2ccccc2)c2ccccn2)c1. The third-order valence-electron chi connectivity index (χ3n) is 5.66. The molecule has 0 aliphatic heterocycles. The quantitative estimate of drug-likeness (QED) is 0.325. The van der Waals surface area contributed by atoms with Crippen molar-refractivity contribution in [2.24, 2.45) is 0 Å². The van der Waals surface area contributed by atoms with Crippen molar-refractivity contribution >= 4 is 35.4 Å². The van der Waals surface area contributed by atoms with Crippen LogP contribution >= 0.6 is 11.6 Å². The Morgan fingerprint density at radius 2 is 1.69 bits per heavy atom. The largest absolute Gasteiger partial charge is 0.492 e. The van der Waals surface area contributed by atoms with Crippen LogP contribution in [0.5, 0.6) is 5.75 Å². The van der Waals surface area contributed by atoms with Gasteiger partial charge in [-0.25, -0.2) is 9.78 Å². The molecule has 0 aliphatic carbocycles. The molecule has 3 rings (SSSR count). The number of carboxylic acids is 1. The average molecular weight is 554 g/mol. The number of hydrogen-bond acceptors (Lipinski definition) is 6. The van der Waals surface area contributed by atoms with Crippen LogP contribution in [0.25, 0.3) is 0 Å². The van der Waals surface area contributed by atoms with Crippen molar-refractivity contribution in [3.63, 3.8) is 0 Å². The predicted molar refractivity (Wildman–Crippen MR) is 148 cm³/mol. The van der Waals surface area contributed by atoms with Gasteiger partial charge in [-0.2, -0.15) is 0 Å². The number of hydrogen-bond donors (Lipinski definition) is 1. The van der Waals surface area contributed by atoms with E-state index < -0.39 is 17.6 Å². The number of nitrogens with zero attached hydrogens (tertiary/aromatic N) is 3. The number of benzene rings is 2. The Bertz CT molecular complexity index is 1270. The van der Waals surface area contributed by atoms with E-state index in [9.17, 15) is 14.4 Å². The molecule has 0 radical (unpaired) electrons. The Balaban J connectivity index is 1.71. The van der Waals surface area contributed by atoms with E-state index in [0.717, 1.165) is 5.56 Å². The Hall–Kier alpha value is -4.11. The van der Waals surface area contributed by atoms with Crippen LogP contribution in [-0.4, -0.2) is 58.2 Å². The third-order valence-corrected chi connectivity index (χ3v) is 5.88. The second kappa shape index (κ2) is 13.6. The molecule has 1 N–H and O–H groups in total. The molecule has 3 aromatic rings. The van der Waals surface area contributed by atoms with Crippen molar-refractivity contribution in [3.05, 3.63) is 89.1 Å². The Morgan fingerprint density at radius 3 is 2.33 bits per heavy atom. The van der Waals surface area contributed by atoms with Crippen molar-refractivity contribution in [3.8, 4) is 5.75 Å². The highest BCUT2D eigenvalue weighted by Gasteiger charge is 2.28. The maximum Gasteiger partial charge on any atom is 0.415 e. The number of aromatic nitrogens is 1.